The lowest BCUT2D eigenvalue weighted by atomic mass is 10.1. The molecule has 0 aliphatic carbocycles. The minimum atomic E-state index is -3.61. The van der Waals surface area contributed by atoms with Crippen molar-refractivity contribution < 1.29 is 12.6 Å². The summed E-state index contributed by atoms with van der Waals surface area (Å²) in [6.07, 6.45) is 11.6. The summed E-state index contributed by atoms with van der Waals surface area (Å²) in [7, 11) is -3.61. The lowest BCUT2D eigenvalue weighted by Crippen LogP contribution is -2.47. The highest BCUT2D eigenvalue weighted by Crippen LogP contribution is 2.15. The Hall–Kier alpha value is -1.03. The Morgan fingerprint density at radius 2 is 1.37 bits per heavy atom. The van der Waals surface area contributed by atoms with Gasteiger partial charge in [-0.2, -0.15) is 19.5 Å². The molecule has 156 valence electrons. The predicted octanol–water partition coefficient (Wildman–Crippen LogP) is 3.07. The van der Waals surface area contributed by atoms with E-state index in [9.17, 15) is 8.42 Å². The van der Waals surface area contributed by atoms with Crippen LogP contribution in [0.15, 0.2) is 29.2 Å². The van der Waals surface area contributed by atoms with E-state index < -0.39 is 10.1 Å². The summed E-state index contributed by atoms with van der Waals surface area (Å²) < 4.78 is 29.2. The third-order valence-electron chi connectivity index (χ3n) is 4.40. The largest absolute Gasteiger partial charge is 0.296 e. The molecule has 0 aliphatic heterocycles. The number of nitrogens with two attached hydrogens (primary N) is 1. The maximum atomic E-state index is 12.0. The van der Waals surface area contributed by atoms with E-state index in [4.69, 9.17) is 10.0 Å². The van der Waals surface area contributed by atoms with E-state index in [2.05, 4.69) is 16.5 Å². The van der Waals surface area contributed by atoms with Crippen LogP contribution < -0.4 is 22.3 Å². The summed E-state index contributed by atoms with van der Waals surface area (Å²) in [5, 5.41) is 0. The zero-order chi connectivity index (χ0) is 19.8. The number of hydrogen-bond donors (Lipinski definition) is 4. The highest BCUT2D eigenvalue weighted by atomic mass is 32.2. The van der Waals surface area contributed by atoms with Crippen LogP contribution in [0, 0.1) is 6.92 Å². The monoisotopic (exact) mass is 400 g/mol. The van der Waals surface area contributed by atoms with E-state index in [0.29, 0.717) is 0 Å². The van der Waals surface area contributed by atoms with Crippen molar-refractivity contribution in [2.45, 2.75) is 76.0 Å². The van der Waals surface area contributed by atoms with Gasteiger partial charge < -0.3 is 0 Å². The summed E-state index contributed by atoms with van der Waals surface area (Å²) >= 11 is 0. The highest BCUT2D eigenvalue weighted by Gasteiger charge is 2.14. The number of aryl methyl sites for hydroxylation is 1. The molecule has 5 N–H and O–H groups in total. The Morgan fingerprint density at radius 3 is 1.93 bits per heavy atom. The molecule has 0 spiro atoms. The number of hydrazine groups is 3. The number of rotatable bonds is 17. The Bertz CT molecular complexity index is 579. The Kier molecular flexibility index (Phi) is 13.3. The molecule has 0 fully saturated rings. The zero-order valence-electron chi connectivity index (χ0n) is 16.5. The average Bonchev–Trinajstić information content (AvgIpc) is 2.65. The van der Waals surface area contributed by atoms with E-state index in [1.165, 1.54) is 38.5 Å². The minimum Gasteiger partial charge on any atom is -0.266 e. The summed E-state index contributed by atoms with van der Waals surface area (Å²) in [5.41, 5.74) is 8.96. The van der Waals surface area contributed by atoms with Gasteiger partial charge in [-0.3, -0.25) is 10.0 Å². The van der Waals surface area contributed by atoms with Crippen LogP contribution in [-0.2, 0) is 14.3 Å². The van der Waals surface area contributed by atoms with Crippen LogP contribution in [0.5, 0.6) is 0 Å². The van der Waals surface area contributed by atoms with Crippen molar-refractivity contribution >= 4 is 10.1 Å². The zero-order valence-corrected chi connectivity index (χ0v) is 17.3. The summed E-state index contributed by atoms with van der Waals surface area (Å²) in [4.78, 5) is 0.233. The van der Waals surface area contributed by atoms with Crippen LogP contribution in [0.2, 0.25) is 0 Å². The van der Waals surface area contributed by atoms with Gasteiger partial charge in [0, 0.05) is 6.54 Å². The minimum absolute atomic E-state index is 0.233. The first-order valence-corrected chi connectivity index (χ1v) is 11.4. The van der Waals surface area contributed by atoms with Crippen molar-refractivity contribution in [3.63, 3.8) is 0 Å². The molecule has 8 heteroatoms. The van der Waals surface area contributed by atoms with E-state index in [0.717, 1.165) is 37.8 Å². The van der Waals surface area contributed by atoms with Gasteiger partial charge in [0.2, 0.25) is 0 Å². The molecule has 0 aliphatic rings. The molecule has 0 unspecified atom stereocenters. The van der Waals surface area contributed by atoms with Crippen molar-refractivity contribution in [1.82, 2.24) is 16.5 Å². The molecule has 0 amide bonds. The molecular weight excluding hydrogens is 364 g/mol. The molecule has 0 radical (unpaired) electrons. The van der Waals surface area contributed by atoms with Crippen LogP contribution in [-0.4, -0.2) is 21.6 Å². The van der Waals surface area contributed by atoms with E-state index >= 15 is 0 Å². The van der Waals surface area contributed by atoms with Crippen LogP contribution >= 0.6 is 0 Å². The Labute approximate surface area is 164 Å². The Balaban J connectivity index is 1.91. The van der Waals surface area contributed by atoms with Crippen LogP contribution in [0.3, 0.4) is 0 Å². The van der Waals surface area contributed by atoms with Gasteiger partial charge in [-0.05, 0) is 31.9 Å². The van der Waals surface area contributed by atoms with Gasteiger partial charge in [0.05, 0.1) is 11.5 Å². The van der Waals surface area contributed by atoms with Crippen LogP contribution in [0.1, 0.15) is 69.8 Å². The second-order valence-electron chi connectivity index (χ2n) is 6.82. The predicted molar refractivity (Wildman–Crippen MR) is 109 cm³/mol. The van der Waals surface area contributed by atoms with Gasteiger partial charge in [-0.15, -0.1) is 0 Å². The lowest BCUT2D eigenvalue weighted by Gasteiger charge is -2.06. The topological polar surface area (TPSA) is 105 Å². The fourth-order valence-electron chi connectivity index (χ4n) is 2.78. The molecule has 27 heavy (non-hydrogen) atoms. The first-order valence-electron chi connectivity index (χ1n) is 9.96. The third-order valence-corrected chi connectivity index (χ3v) is 5.73. The third kappa shape index (κ3) is 12.1. The normalized spacial score (nSPS) is 11.8. The molecule has 0 atom stereocenters. The van der Waals surface area contributed by atoms with Crippen molar-refractivity contribution in [2.75, 3.05) is 13.2 Å². The smallest absolute Gasteiger partial charge is 0.266 e. The Morgan fingerprint density at radius 1 is 0.852 bits per heavy atom. The van der Waals surface area contributed by atoms with Crippen molar-refractivity contribution in [1.29, 1.82) is 0 Å². The molecule has 0 heterocycles. The first-order chi connectivity index (χ1) is 13.1. The standard InChI is InChI=1S/C19H36N4O3S/c1-18-12-14-19(15-13-18)27(24,25)26-17-11-9-7-5-3-2-4-6-8-10-16-21-23-22-20/h12-15,21-23H,2-11,16-17,20H2,1H3. The van der Waals surface area contributed by atoms with E-state index in [-0.39, 0.29) is 11.5 Å². The molecule has 1 aromatic rings. The van der Waals surface area contributed by atoms with Crippen molar-refractivity contribution in [3.05, 3.63) is 29.8 Å². The first kappa shape index (κ1) is 24.0. The van der Waals surface area contributed by atoms with Gasteiger partial charge >= 0.3 is 0 Å². The molecule has 0 saturated carbocycles. The van der Waals surface area contributed by atoms with Crippen molar-refractivity contribution in [3.8, 4) is 0 Å². The van der Waals surface area contributed by atoms with Gasteiger partial charge in [0.15, 0.2) is 0 Å². The molecule has 0 bridgehead atoms. The fourth-order valence-corrected chi connectivity index (χ4v) is 3.73. The van der Waals surface area contributed by atoms with Gasteiger partial charge in [-0.1, -0.05) is 69.1 Å². The molecule has 1 aromatic carbocycles. The highest BCUT2D eigenvalue weighted by molar-refractivity contribution is 7.86. The number of nitrogens with one attached hydrogen (secondary N) is 3. The van der Waals surface area contributed by atoms with Gasteiger partial charge in [-0.25, -0.2) is 5.43 Å². The molecule has 7 nitrogen and oxygen atoms in total. The molecule has 1 rings (SSSR count). The number of benzene rings is 1. The average molecular weight is 401 g/mol. The summed E-state index contributed by atoms with van der Waals surface area (Å²) in [6, 6.07) is 6.75. The molecule has 0 saturated heterocycles. The fraction of sp³-hybridized carbons (Fsp3) is 0.684. The van der Waals surface area contributed by atoms with Crippen molar-refractivity contribution in [2.24, 2.45) is 5.84 Å². The summed E-state index contributed by atoms with van der Waals surface area (Å²) in [6.45, 7) is 3.10. The maximum Gasteiger partial charge on any atom is 0.296 e. The number of unbranched alkanes of at least 4 members (excludes halogenated alkanes) is 9. The van der Waals surface area contributed by atoms with Gasteiger partial charge in [0.1, 0.15) is 0 Å². The number of hydrogen-bond acceptors (Lipinski definition) is 7. The second kappa shape index (κ2) is 15.0. The maximum absolute atomic E-state index is 12.0. The molecular formula is C19H36N4O3S. The van der Waals surface area contributed by atoms with Crippen LogP contribution in [0.25, 0.3) is 0 Å². The second-order valence-corrected chi connectivity index (χ2v) is 8.44. The summed E-state index contributed by atoms with van der Waals surface area (Å²) in [5.74, 6) is 5.07. The SMILES string of the molecule is Cc1ccc(S(=O)(=O)OCCCCCCCCCCCCNNNN)cc1. The lowest BCUT2D eigenvalue weighted by molar-refractivity contribution is 0.306. The molecule has 0 aromatic heterocycles. The van der Waals surface area contributed by atoms with E-state index in [1.807, 2.05) is 6.92 Å². The van der Waals surface area contributed by atoms with E-state index in [1.54, 1.807) is 24.3 Å². The van der Waals surface area contributed by atoms with Gasteiger partial charge in [0.25, 0.3) is 10.1 Å². The van der Waals surface area contributed by atoms with Crippen LogP contribution in [0.4, 0.5) is 0 Å². The quantitative estimate of drug-likeness (QED) is 0.138.